The number of nitrogens with one attached hydrogen (secondary N) is 1. The van der Waals surface area contributed by atoms with Crippen LogP contribution in [0.25, 0.3) is 11.0 Å². The van der Waals surface area contributed by atoms with Gasteiger partial charge in [0.15, 0.2) is 11.6 Å². The molecule has 3 aromatic rings. The molecule has 0 aliphatic rings. The number of nitrogens with zero attached hydrogens (tertiary/aromatic N) is 2. The standard InChI is InChI=1S/C23H22FN3O2/c1-3-4-5-6-7-14-29-20-12-8-10-18(21(20)24)27-23(28)22-16(2)15-19-17(26-22)11-9-13-25-19/h8-13,15H,3-4,7,14H2,1-2H3,(H,27,28). The summed E-state index contributed by atoms with van der Waals surface area (Å²) in [5, 5.41) is 2.59. The Morgan fingerprint density at radius 3 is 2.83 bits per heavy atom. The molecule has 0 atom stereocenters. The van der Waals surface area contributed by atoms with Gasteiger partial charge in [-0.05, 0) is 49.2 Å². The van der Waals surface area contributed by atoms with E-state index in [1.54, 1.807) is 37.4 Å². The van der Waals surface area contributed by atoms with Crippen LogP contribution in [-0.2, 0) is 0 Å². The van der Waals surface area contributed by atoms with Gasteiger partial charge in [-0.2, -0.15) is 0 Å². The number of amides is 1. The monoisotopic (exact) mass is 391 g/mol. The van der Waals surface area contributed by atoms with Crippen LogP contribution in [0.4, 0.5) is 10.1 Å². The zero-order valence-corrected chi connectivity index (χ0v) is 16.5. The van der Waals surface area contributed by atoms with Crippen LogP contribution in [0.2, 0.25) is 0 Å². The minimum atomic E-state index is -0.623. The van der Waals surface area contributed by atoms with E-state index in [1.807, 2.05) is 0 Å². The van der Waals surface area contributed by atoms with Crippen LogP contribution in [0.1, 0.15) is 42.2 Å². The first-order valence-electron chi connectivity index (χ1n) is 9.51. The summed E-state index contributed by atoms with van der Waals surface area (Å²) in [6.07, 6.45) is 4.03. The maximum Gasteiger partial charge on any atom is 0.274 e. The summed E-state index contributed by atoms with van der Waals surface area (Å²) < 4.78 is 20.2. The van der Waals surface area contributed by atoms with E-state index in [1.165, 1.54) is 12.1 Å². The molecule has 3 rings (SSSR count). The van der Waals surface area contributed by atoms with Crippen LogP contribution in [0, 0.1) is 24.6 Å². The van der Waals surface area contributed by atoms with E-state index >= 15 is 0 Å². The van der Waals surface area contributed by atoms with Crippen LogP contribution < -0.4 is 10.1 Å². The summed E-state index contributed by atoms with van der Waals surface area (Å²) in [4.78, 5) is 21.3. The van der Waals surface area contributed by atoms with Crippen molar-refractivity contribution in [3.63, 3.8) is 0 Å². The highest BCUT2D eigenvalue weighted by Gasteiger charge is 2.16. The van der Waals surface area contributed by atoms with Gasteiger partial charge >= 0.3 is 0 Å². The van der Waals surface area contributed by atoms with Gasteiger partial charge in [0.25, 0.3) is 5.91 Å². The van der Waals surface area contributed by atoms with Crippen LogP contribution in [-0.4, -0.2) is 22.5 Å². The van der Waals surface area contributed by atoms with Crippen LogP contribution in [0.3, 0.4) is 0 Å². The van der Waals surface area contributed by atoms with Crippen LogP contribution in [0.5, 0.6) is 5.75 Å². The fraction of sp³-hybridized carbons (Fsp3) is 0.261. The van der Waals surface area contributed by atoms with Crippen molar-refractivity contribution in [2.45, 2.75) is 33.1 Å². The summed E-state index contributed by atoms with van der Waals surface area (Å²) in [5.74, 6) is 4.96. The fourth-order valence-corrected chi connectivity index (χ4v) is 2.74. The Balaban J connectivity index is 1.72. The Morgan fingerprint density at radius 2 is 2.00 bits per heavy atom. The van der Waals surface area contributed by atoms with E-state index < -0.39 is 11.7 Å². The van der Waals surface area contributed by atoms with Gasteiger partial charge in [-0.25, -0.2) is 9.37 Å². The molecular formula is C23H22FN3O2. The predicted molar refractivity (Wildman–Crippen MR) is 111 cm³/mol. The summed E-state index contributed by atoms with van der Waals surface area (Å²) in [6, 6.07) is 9.94. The van der Waals surface area contributed by atoms with E-state index in [0.29, 0.717) is 23.0 Å². The van der Waals surface area contributed by atoms with Crippen molar-refractivity contribution in [3.8, 4) is 17.6 Å². The number of aryl methyl sites for hydroxylation is 1. The van der Waals surface area contributed by atoms with Gasteiger partial charge in [0, 0.05) is 19.0 Å². The minimum Gasteiger partial charge on any atom is -0.489 e. The second-order valence-corrected chi connectivity index (χ2v) is 6.47. The lowest BCUT2D eigenvalue weighted by Gasteiger charge is -2.11. The second-order valence-electron chi connectivity index (χ2n) is 6.47. The lowest BCUT2D eigenvalue weighted by Crippen LogP contribution is -2.16. The third-order valence-electron chi connectivity index (χ3n) is 4.19. The summed E-state index contributed by atoms with van der Waals surface area (Å²) in [6.45, 7) is 4.11. The number of benzene rings is 1. The molecule has 1 N–H and O–H groups in total. The quantitative estimate of drug-likeness (QED) is 0.479. The second kappa shape index (κ2) is 9.65. The van der Waals surface area contributed by atoms with Gasteiger partial charge < -0.3 is 10.1 Å². The van der Waals surface area contributed by atoms with E-state index in [-0.39, 0.29) is 23.7 Å². The third-order valence-corrected chi connectivity index (χ3v) is 4.19. The van der Waals surface area contributed by atoms with Gasteiger partial charge in [0.1, 0.15) is 5.69 Å². The topological polar surface area (TPSA) is 64.1 Å². The first-order valence-corrected chi connectivity index (χ1v) is 9.51. The van der Waals surface area contributed by atoms with Crippen molar-refractivity contribution in [1.29, 1.82) is 0 Å². The molecule has 0 fully saturated rings. The number of unbranched alkanes of at least 4 members (excludes halogenated alkanes) is 1. The lowest BCUT2D eigenvalue weighted by atomic mass is 10.1. The van der Waals surface area contributed by atoms with Gasteiger partial charge in [0.05, 0.1) is 23.3 Å². The zero-order chi connectivity index (χ0) is 20.6. The Labute approximate surface area is 169 Å². The number of halogens is 1. The van der Waals surface area contributed by atoms with Gasteiger partial charge in [0.2, 0.25) is 0 Å². The van der Waals surface area contributed by atoms with Crippen molar-refractivity contribution in [2.24, 2.45) is 0 Å². The normalized spacial score (nSPS) is 10.3. The van der Waals surface area contributed by atoms with Crippen molar-refractivity contribution >= 4 is 22.6 Å². The Morgan fingerprint density at radius 1 is 1.17 bits per heavy atom. The molecule has 1 aromatic carbocycles. The van der Waals surface area contributed by atoms with Gasteiger partial charge in [-0.1, -0.05) is 18.9 Å². The molecule has 148 valence electrons. The molecule has 0 bridgehead atoms. The molecule has 0 aliphatic heterocycles. The lowest BCUT2D eigenvalue weighted by molar-refractivity contribution is 0.102. The largest absolute Gasteiger partial charge is 0.489 e. The van der Waals surface area contributed by atoms with Crippen molar-refractivity contribution in [2.75, 3.05) is 11.9 Å². The molecule has 0 saturated heterocycles. The Hall–Kier alpha value is -3.46. The Bertz CT molecular complexity index is 1090. The average Bonchev–Trinajstić information content (AvgIpc) is 2.72. The van der Waals surface area contributed by atoms with Gasteiger partial charge in [-0.3, -0.25) is 9.78 Å². The zero-order valence-electron chi connectivity index (χ0n) is 16.5. The van der Waals surface area contributed by atoms with E-state index in [2.05, 4.69) is 34.0 Å². The highest BCUT2D eigenvalue weighted by atomic mass is 19.1. The Kier molecular flexibility index (Phi) is 6.75. The average molecular weight is 391 g/mol. The maximum absolute atomic E-state index is 14.7. The summed E-state index contributed by atoms with van der Waals surface area (Å²) >= 11 is 0. The SMILES string of the molecule is CCCC#CCCOc1cccc(NC(=O)c2nc3cccnc3cc2C)c1F. The number of anilines is 1. The van der Waals surface area contributed by atoms with Crippen molar-refractivity contribution < 1.29 is 13.9 Å². The molecule has 2 aromatic heterocycles. The van der Waals surface area contributed by atoms with Gasteiger partial charge in [-0.15, -0.1) is 5.92 Å². The molecular weight excluding hydrogens is 369 g/mol. The molecule has 0 radical (unpaired) electrons. The number of rotatable bonds is 6. The number of hydrogen-bond donors (Lipinski definition) is 1. The molecule has 1 amide bonds. The molecule has 5 nitrogen and oxygen atoms in total. The molecule has 0 unspecified atom stereocenters. The number of hydrogen-bond acceptors (Lipinski definition) is 4. The van der Waals surface area contributed by atoms with Crippen molar-refractivity contribution in [3.05, 3.63) is 59.7 Å². The first-order chi connectivity index (χ1) is 14.1. The molecule has 0 saturated carbocycles. The van der Waals surface area contributed by atoms with E-state index in [4.69, 9.17) is 4.74 Å². The number of pyridine rings is 2. The predicted octanol–water partition coefficient (Wildman–Crippen LogP) is 4.90. The molecule has 6 heteroatoms. The number of fused-ring (bicyclic) bond motifs is 1. The number of carbonyl (C=O) groups excluding carboxylic acids is 1. The number of carbonyl (C=O) groups is 1. The summed E-state index contributed by atoms with van der Waals surface area (Å²) in [5.41, 5.74) is 2.22. The maximum atomic E-state index is 14.7. The molecule has 2 heterocycles. The fourth-order valence-electron chi connectivity index (χ4n) is 2.74. The number of aromatic nitrogens is 2. The highest BCUT2D eigenvalue weighted by Crippen LogP contribution is 2.25. The summed E-state index contributed by atoms with van der Waals surface area (Å²) in [7, 11) is 0. The number of ether oxygens (including phenoxy) is 1. The van der Waals surface area contributed by atoms with E-state index in [0.717, 1.165) is 12.8 Å². The molecule has 29 heavy (non-hydrogen) atoms. The first kappa shape index (κ1) is 20.3. The minimum absolute atomic E-state index is 0.0389. The third kappa shape index (κ3) is 5.08. The molecule has 0 spiro atoms. The van der Waals surface area contributed by atoms with E-state index in [9.17, 15) is 9.18 Å². The van der Waals surface area contributed by atoms with Crippen molar-refractivity contribution in [1.82, 2.24) is 9.97 Å². The smallest absolute Gasteiger partial charge is 0.274 e. The molecule has 0 aliphatic carbocycles. The van der Waals surface area contributed by atoms with Crippen LogP contribution >= 0.6 is 0 Å². The van der Waals surface area contributed by atoms with Crippen LogP contribution in [0.15, 0.2) is 42.6 Å². The highest BCUT2D eigenvalue weighted by molar-refractivity contribution is 6.05.